The molecule has 5 nitrogen and oxygen atoms in total. The molecule has 0 aliphatic rings. The van der Waals surface area contributed by atoms with Gasteiger partial charge in [0.2, 0.25) is 0 Å². The lowest BCUT2D eigenvalue weighted by molar-refractivity contribution is 0.299. The van der Waals surface area contributed by atoms with E-state index in [1.165, 1.54) is 5.69 Å². The van der Waals surface area contributed by atoms with Gasteiger partial charge in [-0.05, 0) is 39.9 Å². The molecule has 2 rings (SSSR count). The molecule has 0 spiro atoms. The molecular weight excluding hydrogens is 274 g/mol. The van der Waals surface area contributed by atoms with Crippen LogP contribution in [0.4, 0.5) is 0 Å². The van der Waals surface area contributed by atoms with E-state index in [-0.39, 0.29) is 0 Å². The lowest BCUT2D eigenvalue weighted by Crippen LogP contribution is -2.25. The Morgan fingerprint density at radius 1 is 1.25 bits per heavy atom. The summed E-state index contributed by atoms with van der Waals surface area (Å²) in [5, 5.41) is 9.34. The van der Waals surface area contributed by atoms with Crippen LogP contribution >= 0.6 is 11.6 Å². The standard InChI is InChI=1S/C14H22ClN5/c1-12-9-13(2)20(17-12)6-4-5-18(3)7-8-19-11-14(15)10-16-19/h9-11H,4-8H2,1-3H3. The summed E-state index contributed by atoms with van der Waals surface area (Å²) >= 11 is 5.84. The van der Waals surface area contributed by atoms with Crippen LogP contribution in [0.25, 0.3) is 0 Å². The largest absolute Gasteiger partial charge is 0.304 e. The maximum Gasteiger partial charge on any atom is 0.0785 e. The number of halogens is 1. The maximum atomic E-state index is 5.84. The van der Waals surface area contributed by atoms with Crippen molar-refractivity contribution in [2.45, 2.75) is 33.4 Å². The van der Waals surface area contributed by atoms with Gasteiger partial charge < -0.3 is 4.90 Å². The van der Waals surface area contributed by atoms with Gasteiger partial charge in [0.05, 0.1) is 23.5 Å². The van der Waals surface area contributed by atoms with Crippen LogP contribution in [0.1, 0.15) is 17.8 Å². The van der Waals surface area contributed by atoms with Crippen LogP contribution in [-0.4, -0.2) is 44.6 Å². The minimum Gasteiger partial charge on any atom is -0.304 e. The second kappa shape index (κ2) is 6.90. The summed E-state index contributed by atoms with van der Waals surface area (Å²) in [6, 6.07) is 2.12. The van der Waals surface area contributed by atoms with E-state index in [1.54, 1.807) is 6.20 Å². The van der Waals surface area contributed by atoms with Crippen molar-refractivity contribution in [3.05, 3.63) is 34.9 Å². The van der Waals surface area contributed by atoms with Crippen molar-refractivity contribution >= 4 is 11.6 Å². The molecule has 0 bridgehead atoms. The van der Waals surface area contributed by atoms with Gasteiger partial charge in [0.25, 0.3) is 0 Å². The first-order valence-corrected chi connectivity index (χ1v) is 7.30. The Bertz CT molecular complexity index is 546. The third kappa shape index (κ3) is 4.35. The normalized spacial score (nSPS) is 11.4. The highest BCUT2D eigenvalue weighted by atomic mass is 35.5. The van der Waals surface area contributed by atoms with Crippen LogP contribution in [0.2, 0.25) is 5.02 Å². The van der Waals surface area contributed by atoms with Gasteiger partial charge in [-0.15, -0.1) is 0 Å². The van der Waals surface area contributed by atoms with Gasteiger partial charge >= 0.3 is 0 Å². The van der Waals surface area contributed by atoms with Crippen LogP contribution in [-0.2, 0) is 13.1 Å². The molecule has 0 fully saturated rings. The van der Waals surface area contributed by atoms with Gasteiger partial charge in [0.1, 0.15) is 0 Å². The monoisotopic (exact) mass is 295 g/mol. The SMILES string of the molecule is Cc1cc(C)n(CCCN(C)CCn2cc(Cl)cn2)n1. The van der Waals surface area contributed by atoms with E-state index in [2.05, 4.69) is 39.8 Å². The number of rotatable bonds is 7. The fraction of sp³-hybridized carbons (Fsp3) is 0.571. The van der Waals surface area contributed by atoms with Crippen molar-refractivity contribution in [1.82, 2.24) is 24.5 Å². The first kappa shape index (κ1) is 15.1. The Morgan fingerprint density at radius 3 is 2.65 bits per heavy atom. The average Bonchev–Trinajstić information content (AvgIpc) is 2.93. The van der Waals surface area contributed by atoms with Crippen molar-refractivity contribution in [3.63, 3.8) is 0 Å². The van der Waals surface area contributed by atoms with Crippen molar-refractivity contribution in [3.8, 4) is 0 Å². The molecule has 0 saturated carbocycles. The minimum atomic E-state index is 0.692. The Morgan fingerprint density at radius 2 is 2.05 bits per heavy atom. The molecule has 0 radical (unpaired) electrons. The summed E-state index contributed by atoms with van der Waals surface area (Å²) in [7, 11) is 2.13. The van der Waals surface area contributed by atoms with E-state index in [1.807, 2.05) is 17.8 Å². The van der Waals surface area contributed by atoms with Crippen LogP contribution < -0.4 is 0 Å². The highest BCUT2D eigenvalue weighted by molar-refractivity contribution is 6.30. The van der Waals surface area contributed by atoms with Crippen LogP contribution in [0, 0.1) is 13.8 Å². The van der Waals surface area contributed by atoms with Crippen LogP contribution in [0.3, 0.4) is 0 Å². The minimum absolute atomic E-state index is 0.692. The van der Waals surface area contributed by atoms with E-state index in [9.17, 15) is 0 Å². The molecule has 0 N–H and O–H groups in total. The summed E-state index contributed by atoms with van der Waals surface area (Å²) in [4.78, 5) is 2.31. The zero-order valence-electron chi connectivity index (χ0n) is 12.4. The molecule has 0 amide bonds. The van der Waals surface area contributed by atoms with E-state index < -0.39 is 0 Å². The van der Waals surface area contributed by atoms with E-state index >= 15 is 0 Å². The lowest BCUT2D eigenvalue weighted by Gasteiger charge is -2.16. The first-order chi connectivity index (χ1) is 9.54. The number of aryl methyl sites for hydroxylation is 3. The molecular formula is C14H22ClN5. The summed E-state index contributed by atoms with van der Waals surface area (Å²) in [6.07, 6.45) is 4.62. The topological polar surface area (TPSA) is 38.9 Å². The van der Waals surface area contributed by atoms with E-state index in [4.69, 9.17) is 11.6 Å². The third-order valence-electron chi connectivity index (χ3n) is 3.33. The van der Waals surface area contributed by atoms with Crippen LogP contribution in [0.5, 0.6) is 0 Å². The molecule has 2 heterocycles. The predicted molar refractivity (Wildman–Crippen MR) is 81.1 cm³/mol. The van der Waals surface area contributed by atoms with Crippen molar-refractivity contribution < 1.29 is 0 Å². The summed E-state index contributed by atoms with van der Waals surface area (Å²) in [6.45, 7) is 7.99. The van der Waals surface area contributed by atoms with E-state index in [0.29, 0.717) is 5.02 Å². The molecule has 2 aromatic heterocycles. The molecule has 0 atom stereocenters. The smallest absolute Gasteiger partial charge is 0.0785 e. The molecule has 0 aliphatic carbocycles. The Kier molecular flexibility index (Phi) is 5.20. The molecule has 0 aliphatic heterocycles. The summed E-state index contributed by atoms with van der Waals surface area (Å²) < 4.78 is 3.95. The van der Waals surface area contributed by atoms with Gasteiger partial charge in [-0.25, -0.2) is 0 Å². The summed E-state index contributed by atoms with van der Waals surface area (Å²) in [5.41, 5.74) is 2.32. The third-order valence-corrected chi connectivity index (χ3v) is 3.52. The second-order valence-corrected chi connectivity index (χ2v) is 5.67. The lowest BCUT2D eigenvalue weighted by atomic mass is 10.3. The van der Waals surface area contributed by atoms with Gasteiger partial charge in [-0.3, -0.25) is 9.36 Å². The summed E-state index contributed by atoms with van der Waals surface area (Å²) in [5.74, 6) is 0. The zero-order valence-corrected chi connectivity index (χ0v) is 13.1. The number of hydrogen-bond acceptors (Lipinski definition) is 3. The second-order valence-electron chi connectivity index (χ2n) is 5.23. The molecule has 0 saturated heterocycles. The Balaban J connectivity index is 1.67. The predicted octanol–water partition coefficient (Wildman–Crippen LogP) is 2.37. The van der Waals surface area contributed by atoms with Gasteiger partial charge in [0.15, 0.2) is 0 Å². The zero-order chi connectivity index (χ0) is 14.5. The number of nitrogens with zero attached hydrogens (tertiary/aromatic N) is 5. The number of aromatic nitrogens is 4. The maximum absolute atomic E-state index is 5.84. The van der Waals surface area contributed by atoms with Gasteiger partial charge in [-0.1, -0.05) is 11.6 Å². The fourth-order valence-electron chi connectivity index (χ4n) is 2.24. The Labute approximate surface area is 125 Å². The molecule has 2 aromatic rings. The quantitative estimate of drug-likeness (QED) is 0.787. The van der Waals surface area contributed by atoms with Gasteiger partial charge in [-0.2, -0.15) is 10.2 Å². The number of likely N-dealkylation sites (N-methyl/N-ethyl adjacent to an activating group) is 1. The molecule has 6 heteroatoms. The van der Waals surface area contributed by atoms with Crippen molar-refractivity contribution in [1.29, 1.82) is 0 Å². The fourth-order valence-corrected chi connectivity index (χ4v) is 2.39. The molecule has 110 valence electrons. The first-order valence-electron chi connectivity index (χ1n) is 6.92. The molecule has 20 heavy (non-hydrogen) atoms. The Hall–Kier alpha value is -1.33. The highest BCUT2D eigenvalue weighted by Crippen LogP contribution is 2.05. The van der Waals surface area contributed by atoms with Gasteiger partial charge in [0, 0.05) is 25.0 Å². The number of hydrogen-bond donors (Lipinski definition) is 0. The van der Waals surface area contributed by atoms with Crippen LogP contribution in [0.15, 0.2) is 18.5 Å². The highest BCUT2D eigenvalue weighted by Gasteiger charge is 2.03. The van der Waals surface area contributed by atoms with Crippen molar-refractivity contribution in [2.75, 3.05) is 20.1 Å². The van der Waals surface area contributed by atoms with Crippen molar-refractivity contribution in [2.24, 2.45) is 0 Å². The van der Waals surface area contributed by atoms with E-state index in [0.717, 1.165) is 38.3 Å². The molecule has 0 aromatic carbocycles. The molecule has 0 unspecified atom stereocenters. The average molecular weight is 296 g/mol.